The van der Waals surface area contributed by atoms with E-state index in [2.05, 4.69) is 13.8 Å². The summed E-state index contributed by atoms with van der Waals surface area (Å²) < 4.78 is 75.3. The first-order valence-electron chi connectivity index (χ1n) is 16.1. The van der Waals surface area contributed by atoms with Crippen LogP contribution in [0.4, 0.5) is 0 Å². The summed E-state index contributed by atoms with van der Waals surface area (Å²) in [5.41, 5.74) is 0. The quantitative estimate of drug-likeness (QED) is 0.114. The Morgan fingerprint density at radius 3 is 1.04 bits per heavy atom. The van der Waals surface area contributed by atoms with Crippen LogP contribution in [0.2, 0.25) is 0 Å². The van der Waals surface area contributed by atoms with E-state index < -0.39 is 25.8 Å². The van der Waals surface area contributed by atoms with Crippen molar-refractivity contribution in [3.05, 3.63) is 97.1 Å². The van der Waals surface area contributed by atoms with Gasteiger partial charge in [0.2, 0.25) is 19.7 Å². The van der Waals surface area contributed by atoms with Crippen LogP contribution in [-0.2, 0) is 19.7 Å². The maximum Gasteiger partial charge on any atom is 0.206 e. The Hall–Kier alpha value is -4.06. The SMILES string of the molecule is CCCC(C)Oc1ccc(S(=O)(=O)c2ccc(OCC(O)COc3ccc(S(=O)(=O)c4ccc(OC(C)CCC)cc4)cc3)cc2)cc1. The van der Waals surface area contributed by atoms with Crippen molar-refractivity contribution in [3.8, 4) is 23.0 Å². The molecule has 0 saturated carbocycles. The lowest BCUT2D eigenvalue weighted by Gasteiger charge is -2.15. The van der Waals surface area contributed by atoms with Crippen molar-refractivity contribution in [2.24, 2.45) is 0 Å². The van der Waals surface area contributed by atoms with Gasteiger partial charge in [-0.1, -0.05) is 26.7 Å². The first-order chi connectivity index (χ1) is 22.9. The lowest BCUT2D eigenvalue weighted by molar-refractivity contribution is 0.0626. The predicted octanol–water partition coefficient (Wildman–Crippen LogP) is 7.31. The third kappa shape index (κ3) is 9.98. The van der Waals surface area contributed by atoms with Gasteiger partial charge in [0, 0.05) is 0 Å². The van der Waals surface area contributed by atoms with E-state index >= 15 is 0 Å². The van der Waals surface area contributed by atoms with Gasteiger partial charge in [0.1, 0.15) is 42.3 Å². The maximum absolute atomic E-state index is 13.1. The second-order valence-electron chi connectivity index (χ2n) is 11.6. The van der Waals surface area contributed by atoms with E-state index in [1.807, 2.05) is 13.8 Å². The van der Waals surface area contributed by atoms with Gasteiger partial charge in [-0.05, 0) is 124 Å². The molecule has 4 aromatic carbocycles. The Balaban J connectivity index is 1.26. The first-order valence-corrected chi connectivity index (χ1v) is 19.1. The van der Waals surface area contributed by atoms with Gasteiger partial charge in [-0.2, -0.15) is 0 Å². The molecular weight excluding hydrogens is 653 g/mol. The molecule has 4 aromatic rings. The van der Waals surface area contributed by atoms with Crippen molar-refractivity contribution < 1.29 is 40.9 Å². The summed E-state index contributed by atoms with van der Waals surface area (Å²) in [5.74, 6) is 2.00. The van der Waals surface area contributed by atoms with Crippen LogP contribution < -0.4 is 18.9 Å². The highest BCUT2D eigenvalue weighted by Gasteiger charge is 2.20. The van der Waals surface area contributed by atoms with Crippen LogP contribution in [0, 0.1) is 0 Å². The Labute approximate surface area is 284 Å². The zero-order valence-electron chi connectivity index (χ0n) is 27.7. The Bertz CT molecular complexity index is 1650. The second kappa shape index (κ2) is 16.9. The van der Waals surface area contributed by atoms with Gasteiger partial charge in [-0.25, -0.2) is 16.8 Å². The molecule has 258 valence electrons. The number of ether oxygens (including phenoxy) is 4. The van der Waals surface area contributed by atoms with Crippen molar-refractivity contribution in [2.45, 2.75) is 91.3 Å². The molecule has 0 aliphatic heterocycles. The number of aliphatic hydroxyl groups is 1. The molecule has 0 bridgehead atoms. The molecule has 0 heterocycles. The fraction of sp³-hybridized carbons (Fsp3) is 0.351. The topological polar surface area (TPSA) is 125 Å². The lowest BCUT2D eigenvalue weighted by atomic mass is 10.2. The molecule has 4 rings (SSSR count). The van der Waals surface area contributed by atoms with Crippen LogP contribution in [0.5, 0.6) is 23.0 Å². The number of hydrogen-bond donors (Lipinski definition) is 1. The van der Waals surface area contributed by atoms with Gasteiger partial charge in [-0.3, -0.25) is 0 Å². The van der Waals surface area contributed by atoms with Crippen molar-refractivity contribution >= 4 is 19.7 Å². The number of benzene rings is 4. The summed E-state index contributed by atoms with van der Waals surface area (Å²) >= 11 is 0. The third-order valence-electron chi connectivity index (χ3n) is 7.49. The molecule has 2 atom stereocenters. The highest BCUT2D eigenvalue weighted by Crippen LogP contribution is 2.27. The first kappa shape index (κ1) is 36.8. The number of rotatable bonds is 18. The van der Waals surface area contributed by atoms with Crippen LogP contribution in [-0.4, -0.2) is 53.5 Å². The molecule has 0 aliphatic carbocycles. The molecule has 0 saturated heterocycles. The van der Waals surface area contributed by atoms with E-state index in [4.69, 9.17) is 18.9 Å². The fourth-order valence-electron chi connectivity index (χ4n) is 4.93. The van der Waals surface area contributed by atoms with E-state index in [0.717, 1.165) is 25.7 Å². The molecule has 11 heteroatoms. The summed E-state index contributed by atoms with van der Waals surface area (Å²) in [4.78, 5) is 0.531. The zero-order valence-corrected chi connectivity index (χ0v) is 29.4. The van der Waals surface area contributed by atoms with Crippen LogP contribution in [0.1, 0.15) is 53.4 Å². The second-order valence-corrected chi connectivity index (χ2v) is 15.5. The zero-order chi connectivity index (χ0) is 34.7. The molecule has 0 aliphatic rings. The Kier molecular flexibility index (Phi) is 12.9. The standard InChI is InChI=1S/C37H44O9S2/c1-5-7-27(3)45-32-13-21-36(22-14-32)47(39,40)34-17-9-30(10-18-34)43-25-29(38)26-44-31-11-19-35(20-12-31)48(41,42)37-23-15-33(16-24-37)46-28(4)8-6-2/h9-24,27-29,38H,5-8,25-26H2,1-4H3. The summed E-state index contributed by atoms with van der Waals surface area (Å²) in [6.07, 6.45) is 2.90. The van der Waals surface area contributed by atoms with E-state index in [-0.39, 0.29) is 45.0 Å². The van der Waals surface area contributed by atoms with E-state index in [9.17, 15) is 21.9 Å². The van der Waals surface area contributed by atoms with Gasteiger partial charge < -0.3 is 24.1 Å². The number of hydrogen-bond acceptors (Lipinski definition) is 9. The highest BCUT2D eigenvalue weighted by atomic mass is 32.2. The number of aliphatic hydroxyl groups excluding tert-OH is 1. The minimum atomic E-state index is -3.74. The smallest absolute Gasteiger partial charge is 0.206 e. The average molecular weight is 697 g/mol. The molecule has 9 nitrogen and oxygen atoms in total. The predicted molar refractivity (Wildman–Crippen MR) is 184 cm³/mol. The monoisotopic (exact) mass is 696 g/mol. The summed E-state index contributed by atoms with van der Waals surface area (Å²) in [5, 5.41) is 10.4. The largest absolute Gasteiger partial charge is 0.491 e. The minimum Gasteiger partial charge on any atom is -0.491 e. The van der Waals surface area contributed by atoms with Gasteiger partial charge in [-0.15, -0.1) is 0 Å². The molecule has 0 spiro atoms. The third-order valence-corrected chi connectivity index (χ3v) is 11.1. The lowest BCUT2D eigenvalue weighted by Crippen LogP contribution is -2.25. The Morgan fingerprint density at radius 2 is 0.771 bits per heavy atom. The molecule has 0 fully saturated rings. The van der Waals surface area contributed by atoms with Gasteiger partial charge in [0.05, 0.1) is 31.8 Å². The summed E-state index contributed by atoms with van der Waals surface area (Å²) in [7, 11) is -7.48. The van der Waals surface area contributed by atoms with Crippen molar-refractivity contribution in [1.29, 1.82) is 0 Å². The van der Waals surface area contributed by atoms with Crippen molar-refractivity contribution in [3.63, 3.8) is 0 Å². The van der Waals surface area contributed by atoms with E-state index in [1.165, 1.54) is 72.8 Å². The van der Waals surface area contributed by atoms with Crippen molar-refractivity contribution in [1.82, 2.24) is 0 Å². The summed E-state index contributed by atoms with van der Waals surface area (Å²) in [6.45, 7) is 7.91. The van der Waals surface area contributed by atoms with Crippen LogP contribution in [0.15, 0.2) is 117 Å². The Morgan fingerprint density at radius 1 is 0.500 bits per heavy atom. The molecule has 0 aromatic heterocycles. The molecule has 1 N–H and O–H groups in total. The van der Waals surface area contributed by atoms with Crippen LogP contribution in [0.25, 0.3) is 0 Å². The van der Waals surface area contributed by atoms with E-state index in [0.29, 0.717) is 23.0 Å². The maximum atomic E-state index is 13.1. The number of sulfone groups is 2. The molecule has 0 amide bonds. The fourth-order valence-corrected chi connectivity index (χ4v) is 7.45. The summed E-state index contributed by atoms with van der Waals surface area (Å²) in [6, 6.07) is 24.6. The van der Waals surface area contributed by atoms with Crippen LogP contribution >= 0.6 is 0 Å². The van der Waals surface area contributed by atoms with Crippen molar-refractivity contribution in [2.75, 3.05) is 13.2 Å². The highest BCUT2D eigenvalue weighted by molar-refractivity contribution is 7.91. The van der Waals surface area contributed by atoms with Gasteiger partial charge in [0.25, 0.3) is 0 Å². The molecule has 0 radical (unpaired) electrons. The van der Waals surface area contributed by atoms with E-state index in [1.54, 1.807) is 24.3 Å². The molecule has 48 heavy (non-hydrogen) atoms. The normalized spacial score (nSPS) is 13.7. The van der Waals surface area contributed by atoms with Crippen LogP contribution in [0.3, 0.4) is 0 Å². The van der Waals surface area contributed by atoms with Gasteiger partial charge in [0.15, 0.2) is 0 Å². The van der Waals surface area contributed by atoms with Gasteiger partial charge >= 0.3 is 0 Å². The minimum absolute atomic E-state index is 0.0443. The molecular formula is C37H44O9S2. The average Bonchev–Trinajstić information content (AvgIpc) is 3.07. The molecule has 2 unspecified atom stereocenters.